The Hall–Kier alpha value is -2.20. The highest BCUT2D eigenvalue weighted by atomic mass is 35.5. The van der Waals surface area contributed by atoms with Crippen molar-refractivity contribution in [1.29, 1.82) is 0 Å². The molecule has 0 unspecified atom stereocenters. The quantitative estimate of drug-likeness (QED) is 0.741. The zero-order valence-corrected chi connectivity index (χ0v) is 12.0. The first-order chi connectivity index (χ1) is 9.38. The molecular weight excluding hydrogens is 276 g/mol. The van der Waals surface area contributed by atoms with Crippen molar-refractivity contribution in [3.8, 4) is 5.75 Å². The number of benzene rings is 2. The van der Waals surface area contributed by atoms with Crippen molar-refractivity contribution in [1.82, 2.24) is 0 Å². The van der Waals surface area contributed by atoms with Gasteiger partial charge in [0.2, 0.25) is 0 Å². The highest BCUT2D eigenvalue weighted by molar-refractivity contribution is 6.33. The Morgan fingerprint density at radius 1 is 1.20 bits per heavy atom. The summed E-state index contributed by atoms with van der Waals surface area (Å²) >= 11 is 5.94. The number of carbonyl (C=O) groups excluding carboxylic acids is 1. The average molecular weight is 291 g/mol. The molecular formula is C15H15ClN2O2. The normalized spacial score (nSPS) is 10.3. The molecule has 0 fully saturated rings. The molecule has 2 aromatic carbocycles. The number of hydrogen-bond acceptors (Lipinski definition) is 3. The Morgan fingerprint density at radius 3 is 2.55 bits per heavy atom. The molecule has 0 spiro atoms. The molecule has 0 radical (unpaired) electrons. The van der Waals surface area contributed by atoms with Crippen LogP contribution in [0.3, 0.4) is 0 Å². The van der Waals surface area contributed by atoms with E-state index >= 15 is 0 Å². The number of amides is 1. The predicted octanol–water partition coefficient (Wildman–Crippen LogP) is 3.50. The second-order valence-electron chi connectivity index (χ2n) is 4.64. The van der Waals surface area contributed by atoms with Crippen LogP contribution in [0.5, 0.6) is 5.75 Å². The number of nitrogen functional groups attached to an aromatic ring is 1. The van der Waals surface area contributed by atoms with Crippen LogP contribution in [0.2, 0.25) is 5.02 Å². The van der Waals surface area contributed by atoms with E-state index in [2.05, 4.69) is 5.32 Å². The van der Waals surface area contributed by atoms with E-state index in [-0.39, 0.29) is 11.7 Å². The van der Waals surface area contributed by atoms with Crippen molar-refractivity contribution in [3.05, 3.63) is 52.0 Å². The Kier molecular flexibility index (Phi) is 3.86. The minimum atomic E-state index is -0.316. The van der Waals surface area contributed by atoms with Crippen LogP contribution in [0.4, 0.5) is 11.4 Å². The number of phenols is 1. The van der Waals surface area contributed by atoms with Gasteiger partial charge in [0.25, 0.3) is 5.91 Å². The van der Waals surface area contributed by atoms with Crippen molar-refractivity contribution in [2.75, 3.05) is 11.1 Å². The van der Waals surface area contributed by atoms with E-state index in [1.807, 2.05) is 6.92 Å². The largest absolute Gasteiger partial charge is 0.508 e. The zero-order valence-electron chi connectivity index (χ0n) is 11.2. The molecule has 2 rings (SSSR count). The number of rotatable bonds is 2. The molecule has 4 nitrogen and oxygen atoms in total. The molecule has 5 heteroatoms. The summed E-state index contributed by atoms with van der Waals surface area (Å²) in [6.45, 7) is 3.59. The predicted molar refractivity (Wildman–Crippen MR) is 81.4 cm³/mol. The molecule has 0 heterocycles. The number of phenolic OH excluding ortho intramolecular Hbond substituents is 1. The van der Waals surface area contributed by atoms with Gasteiger partial charge in [-0.05, 0) is 49.2 Å². The Bertz CT molecular complexity index is 684. The maximum atomic E-state index is 12.1. The van der Waals surface area contributed by atoms with Gasteiger partial charge in [-0.1, -0.05) is 17.7 Å². The third-order valence-corrected chi connectivity index (χ3v) is 3.39. The monoisotopic (exact) mass is 290 g/mol. The molecule has 0 aliphatic rings. The minimum absolute atomic E-state index is 0.0877. The summed E-state index contributed by atoms with van der Waals surface area (Å²) < 4.78 is 0. The van der Waals surface area contributed by atoms with E-state index < -0.39 is 0 Å². The van der Waals surface area contributed by atoms with Gasteiger partial charge in [0.05, 0.1) is 10.7 Å². The number of hydrogen-bond donors (Lipinski definition) is 3. The summed E-state index contributed by atoms with van der Waals surface area (Å²) in [4.78, 5) is 12.1. The van der Waals surface area contributed by atoms with Crippen LogP contribution < -0.4 is 11.1 Å². The Labute approximate surface area is 122 Å². The molecule has 104 valence electrons. The number of carbonyl (C=O) groups is 1. The third-order valence-electron chi connectivity index (χ3n) is 3.06. The topological polar surface area (TPSA) is 75.4 Å². The van der Waals surface area contributed by atoms with Gasteiger partial charge in [-0.25, -0.2) is 0 Å². The lowest BCUT2D eigenvalue weighted by atomic mass is 10.1. The number of halogens is 1. The average Bonchev–Trinajstić information content (AvgIpc) is 2.39. The molecule has 0 saturated carbocycles. The smallest absolute Gasteiger partial charge is 0.255 e. The molecule has 0 atom stereocenters. The van der Waals surface area contributed by atoms with Gasteiger partial charge in [-0.3, -0.25) is 4.79 Å². The Balaban J connectivity index is 2.27. The van der Waals surface area contributed by atoms with Crippen molar-refractivity contribution in [2.45, 2.75) is 13.8 Å². The van der Waals surface area contributed by atoms with Crippen LogP contribution in [0.15, 0.2) is 30.3 Å². The fourth-order valence-electron chi connectivity index (χ4n) is 1.78. The van der Waals surface area contributed by atoms with Crippen molar-refractivity contribution in [3.63, 3.8) is 0 Å². The van der Waals surface area contributed by atoms with Gasteiger partial charge in [0.1, 0.15) is 5.75 Å². The van der Waals surface area contributed by atoms with Crippen LogP contribution in [-0.4, -0.2) is 11.0 Å². The van der Waals surface area contributed by atoms with Crippen LogP contribution in [0, 0.1) is 13.8 Å². The van der Waals surface area contributed by atoms with Gasteiger partial charge in [-0.2, -0.15) is 0 Å². The van der Waals surface area contributed by atoms with Gasteiger partial charge in [-0.15, -0.1) is 0 Å². The van der Waals surface area contributed by atoms with Gasteiger partial charge in [0.15, 0.2) is 0 Å². The second-order valence-corrected chi connectivity index (χ2v) is 5.05. The molecule has 0 aromatic heterocycles. The number of nitrogens with one attached hydrogen (secondary N) is 1. The molecule has 20 heavy (non-hydrogen) atoms. The van der Waals surface area contributed by atoms with E-state index in [9.17, 15) is 9.90 Å². The van der Waals surface area contributed by atoms with Crippen LogP contribution in [0.25, 0.3) is 0 Å². The summed E-state index contributed by atoms with van der Waals surface area (Å²) in [6.07, 6.45) is 0. The summed E-state index contributed by atoms with van der Waals surface area (Å²) in [7, 11) is 0. The van der Waals surface area contributed by atoms with E-state index in [4.69, 9.17) is 17.3 Å². The van der Waals surface area contributed by atoms with Crippen LogP contribution in [-0.2, 0) is 0 Å². The standard InChI is InChI=1S/C15H15ClN2O2/c1-8-3-4-10(6-14(8)19)15(20)18-13-7-11(16)12(17)5-9(13)2/h3-7,19H,17H2,1-2H3,(H,18,20). The first-order valence-electron chi connectivity index (χ1n) is 6.05. The highest BCUT2D eigenvalue weighted by Gasteiger charge is 2.11. The zero-order chi connectivity index (χ0) is 14.9. The van der Waals surface area contributed by atoms with Crippen molar-refractivity contribution in [2.24, 2.45) is 0 Å². The molecule has 0 aliphatic heterocycles. The minimum Gasteiger partial charge on any atom is -0.508 e. The van der Waals surface area contributed by atoms with Crippen LogP contribution >= 0.6 is 11.6 Å². The maximum absolute atomic E-state index is 12.1. The van der Waals surface area contributed by atoms with E-state index in [0.717, 1.165) is 5.56 Å². The number of aryl methyl sites for hydroxylation is 2. The lowest BCUT2D eigenvalue weighted by Crippen LogP contribution is -2.13. The summed E-state index contributed by atoms with van der Waals surface area (Å²) in [5.74, 6) is -0.228. The lowest BCUT2D eigenvalue weighted by Gasteiger charge is -2.11. The Morgan fingerprint density at radius 2 is 1.90 bits per heavy atom. The molecule has 4 N–H and O–H groups in total. The van der Waals surface area contributed by atoms with Gasteiger partial charge < -0.3 is 16.2 Å². The molecule has 1 amide bonds. The first kappa shape index (κ1) is 14.2. The van der Waals surface area contributed by atoms with Gasteiger partial charge >= 0.3 is 0 Å². The fourth-order valence-corrected chi connectivity index (χ4v) is 1.95. The first-order valence-corrected chi connectivity index (χ1v) is 6.43. The highest BCUT2D eigenvalue weighted by Crippen LogP contribution is 2.27. The van der Waals surface area contributed by atoms with E-state index in [1.54, 1.807) is 31.2 Å². The molecule has 0 bridgehead atoms. The maximum Gasteiger partial charge on any atom is 0.255 e. The summed E-state index contributed by atoms with van der Waals surface area (Å²) in [5, 5.41) is 12.8. The summed E-state index contributed by atoms with van der Waals surface area (Å²) in [6, 6.07) is 8.08. The summed E-state index contributed by atoms with van der Waals surface area (Å²) in [5.41, 5.74) is 8.66. The number of nitrogens with two attached hydrogens (primary N) is 1. The van der Waals surface area contributed by atoms with Gasteiger partial charge in [0, 0.05) is 11.3 Å². The third kappa shape index (κ3) is 2.86. The van der Waals surface area contributed by atoms with E-state index in [1.165, 1.54) is 6.07 Å². The number of aromatic hydroxyl groups is 1. The fraction of sp³-hybridized carbons (Fsp3) is 0.133. The number of anilines is 2. The van der Waals surface area contributed by atoms with Crippen LogP contribution in [0.1, 0.15) is 21.5 Å². The molecule has 0 saturated heterocycles. The SMILES string of the molecule is Cc1ccc(C(=O)Nc2cc(Cl)c(N)cc2C)cc1O. The molecule has 2 aromatic rings. The van der Waals surface area contributed by atoms with E-state index in [0.29, 0.717) is 27.5 Å². The van der Waals surface area contributed by atoms with Crippen molar-refractivity contribution >= 4 is 28.9 Å². The van der Waals surface area contributed by atoms with Crippen molar-refractivity contribution < 1.29 is 9.90 Å². The second kappa shape index (κ2) is 5.43. The molecule has 0 aliphatic carbocycles. The lowest BCUT2D eigenvalue weighted by molar-refractivity contribution is 0.102.